The van der Waals surface area contributed by atoms with Gasteiger partial charge in [0.05, 0.1) is 0 Å². The molecule has 0 nitrogen and oxygen atoms in total. The van der Waals surface area contributed by atoms with Gasteiger partial charge in [-0.2, -0.15) is 26.0 Å². The molecule has 165 valence electrons. The average molecular weight is 572 g/mol. The molecule has 0 aliphatic heterocycles. The molecule has 0 aromatic heterocycles. The molecule has 0 spiro atoms. The number of hydrogen-bond donors (Lipinski definition) is 0. The molecular formula is C29H41Zr2. The molecule has 0 N–H and O–H groups in total. The molecular weight excluding hydrogens is 531 g/mol. The summed E-state index contributed by atoms with van der Waals surface area (Å²) >= 11 is 0. The van der Waals surface area contributed by atoms with E-state index in [2.05, 4.69) is 86.6 Å². The van der Waals surface area contributed by atoms with Crippen LogP contribution in [0.2, 0.25) is 0 Å². The van der Waals surface area contributed by atoms with Crippen LogP contribution in [-0.4, -0.2) is 0 Å². The molecule has 0 saturated carbocycles. The molecule has 0 atom stereocenters. The minimum atomic E-state index is 0. The third-order valence-electron chi connectivity index (χ3n) is 4.17. The van der Waals surface area contributed by atoms with Gasteiger partial charge in [0.2, 0.25) is 0 Å². The van der Waals surface area contributed by atoms with Crippen molar-refractivity contribution in [3.8, 4) is 0 Å². The van der Waals surface area contributed by atoms with Gasteiger partial charge in [-0.15, -0.1) is 81.2 Å². The molecule has 0 saturated heterocycles. The van der Waals surface area contributed by atoms with Crippen molar-refractivity contribution < 1.29 is 52.4 Å². The summed E-state index contributed by atoms with van der Waals surface area (Å²) in [4.78, 5) is 0. The van der Waals surface area contributed by atoms with E-state index in [0.717, 1.165) is 12.8 Å². The monoisotopic (exact) mass is 569 g/mol. The van der Waals surface area contributed by atoms with Crippen LogP contribution < -0.4 is 0 Å². The van der Waals surface area contributed by atoms with Crippen LogP contribution in [0.25, 0.3) is 21.5 Å². The molecule has 4 aromatic rings. The number of aryl methyl sites for hydroxylation is 2. The molecule has 4 rings (SSSR count). The van der Waals surface area contributed by atoms with Gasteiger partial charge in [0.15, 0.2) is 0 Å². The first kappa shape index (κ1) is 40.8. The van der Waals surface area contributed by atoms with Crippen LogP contribution in [0.15, 0.2) is 72.8 Å². The Morgan fingerprint density at radius 1 is 0.645 bits per heavy atom. The molecule has 0 fully saturated rings. The third kappa shape index (κ3) is 12.9. The molecule has 0 aliphatic rings. The summed E-state index contributed by atoms with van der Waals surface area (Å²) in [5.74, 6) is 0. The topological polar surface area (TPSA) is 0 Å². The van der Waals surface area contributed by atoms with Crippen molar-refractivity contribution in [3.05, 3.63) is 120 Å². The zero-order chi connectivity index (χ0) is 18.1. The predicted octanol–water partition coefficient (Wildman–Crippen LogP) is 9.27. The fourth-order valence-electron chi connectivity index (χ4n) is 2.84. The van der Waals surface area contributed by atoms with E-state index in [4.69, 9.17) is 0 Å². The van der Waals surface area contributed by atoms with Crippen LogP contribution >= 0.6 is 0 Å². The summed E-state index contributed by atoms with van der Waals surface area (Å²) in [6.45, 7) is 8.38. The first-order chi connectivity index (χ1) is 12.2. The van der Waals surface area contributed by atoms with E-state index in [1.807, 2.05) is 20.3 Å². The Kier molecular flexibility index (Phi) is 29.7. The van der Waals surface area contributed by atoms with Crippen LogP contribution in [0, 0.1) is 36.1 Å². The van der Waals surface area contributed by atoms with Crippen molar-refractivity contribution in [2.75, 3.05) is 0 Å². The van der Waals surface area contributed by atoms with Crippen LogP contribution in [0.3, 0.4) is 0 Å². The van der Waals surface area contributed by atoms with Crippen molar-refractivity contribution in [2.24, 2.45) is 0 Å². The maximum absolute atomic E-state index is 2.26. The standard InChI is InChI=1S/2C11H11.C3H7.4CH3.2Zr/c2*1-2-9-7-10-5-3-4-6-11(10)8-9;1-3-2;;;;;;/h2*3-8H,2H2,1H3;3H,1-2H3;4*1H3;;/q7*-1;+3;+4. The van der Waals surface area contributed by atoms with E-state index in [1.165, 1.54) is 32.7 Å². The van der Waals surface area contributed by atoms with Crippen LogP contribution in [-0.2, 0) is 65.2 Å². The van der Waals surface area contributed by atoms with E-state index < -0.39 is 0 Å². The number of fused-ring (bicyclic) bond motifs is 2. The smallest absolute Gasteiger partial charge is 0.358 e. The van der Waals surface area contributed by atoms with E-state index in [1.54, 1.807) is 0 Å². The van der Waals surface area contributed by atoms with Crippen LogP contribution in [0.4, 0.5) is 0 Å². The van der Waals surface area contributed by atoms with E-state index in [9.17, 15) is 0 Å². The zero-order valence-electron chi connectivity index (χ0n) is 20.9. The Bertz CT molecular complexity index is 744. The Morgan fingerprint density at radius 2 is 0.935 bits per heavy atom. The normalized spacial score (nSPS) is 8.13. The van der Waals surface area contributed by atoms with Crippen molar-refractivity contribution in [1.29, 1.82) is 0 Å². The second kappa shape index (κ2) is 22.6. The molecule has 4 aromatic carbocycles. The molecule has 2 heteroatoms. The summed E-state index contributed by atoms with van der Waals surface area (Å²) < 4.78 is 0. The number of hydrogen-bond acceptors (Lipinski definition) is 0. The largest absolute Gasteiger partial charge is 4.00 e. The van der Waals surface area contributed by atoms with Crippen molar-refractivity contribution in [1.82, 2.24) is 0 Å². The first-order valence-electron chi connectivity index (χ1n) is 9.24. The van der Waals surface area contributed by atoms with Gasteiger partial charge in [0, 0.05) is 0 Å². The summed E-state index contributed by atoms with van der Waals surface area (Å²) in [5.41, 5.74) is 2.87. The summed E-state index contributed by atoms with van der Waals surface area (Å²) in [6, 6.07) is 26.0. The Morgan fingerprint density at radius 3 is 1.19 bits per heavy atom. The molecule has 0 unspecified atom stereocenters. The SMILES string of the molecule is CCc1cc2ccccc2[cH-]1.CCc1cc2ccccc2[cH-]1.C[CH-]C.[CH3-].[CH3-].[CH3-].[CH3-].[Zr+3].[Zr+4]. The van der Waals surface area contributed by atoms with Crippen LogP contribution in [0.5, 0.6) is 0 Å². The van der Waals surface area contributed by atoms with Crippen molar-refractivity contribution >= 4 is 21.5 Å². The zero-order valence-corrected chi connectivity index (χ0v) is 25.8. The van der Waals surface area contributed by atoms with E-state index >= 15 is 0 Å². The summed E-state index contributed by atoms with van der Waals surface area (Å²) in [5, 5.41) is 5.46. The first-order valence-corrected chi connectivity index (χ1v) is 9.24. The fraction of sp³-hybridized carbons (Fsp3) is 0.207. The average Bonchev–Trinajstić information content (AvgIpc) is 3.26. The Labute approximate surface area is 232 Å². The molecule has 1 radical (unpaired) electrons. The van der Waals surface area contributed by atoms with E-state index in [-0.39, 0.29) is 82.1 Å². The van der Waals surface area contributed by atoms with Gasteiger partial charge < -0.3 is 36.1 Å². The van der Waals surface area contributed by atoms with Gasteiger partial charge in [0.25, 0.3) is 0 Å². The summed E-state index contributed by atoms with van der Waals surface area (Å²) in [6.07, 6.45) is 4.27. The van der Waals surface area contributed by atoms with Gasteiger partial charge >= 0.3 is 52.4 Å². The third-order valence-corrected chi connectivity index (χ3v) is 4.17. The second-order valence-corrected chi connectivity index (χ2v) is 6.27. The fourth-order valence-corrected chi connectivity index (χ4v) is 2.84. The maximum Gasteiger partial charge on any atom is 4.00 e. The molecule has 0 aliphatic carbocycles. The van der Waals surface area contributed by atoms with Gasteiger partial charge in [-0.05, 0) is 12.8 Å². The van der Waals surface area contributed by atoms with Gasteiger partial charge in [0.1, 0.15) is 0 Å². The predicted molar refractivity (Wildman–Crippen MR) is 139 cm³/mol. The molecule has 0 amide bonds. The Balaban J connectivity index is -0.000000110. The second-order valence-electron chi connectivity index (χ2n) is 6.27. The number of rotatable bonds is 2. The van der Waals surface area contributed by atoms with Crippen molar-refractivity contribution in [3.63, 3.8) is 0 Å². The maximum atomic E-state index is 2.26. The summed E-state index contributed by atoms with van der Waals surface area (Å²) in [7, 11) is 0. The van der Waals surface area contributed by atoms with Gasteiger partial charge in [-0.25, -0.2) is 0 Å². The van der Waals surface area contributed by atoms with Gasteiger partial charge in [-0.1, -0.05) is 26.0 Å². The van der Waals surface area contributed by atoms with E-state index in [0.29, 0.717) is 0 Å². The minimum absolute atomic E-state index is 0. The number of benzene rings is 2. The molecule has 31 heavy (non-hydrogen) atoms. The van der Waals surface area contributed by atoms with Gasteiger partial charge in [-0.3, -0.25) is 0 Å². The molecule has 0 heterocycles. The Hall–Kier alpha value is -0.574. The minimum Gasteiger partial charge on any atom is -0.358 e. The van der Waals surface area contributed by atoms with Crippen molar-refractivity contribution in [2.45, 2.75) is 40.5 Å². The van der Waals surface area contributed by atoms with Crippen LogP contribution in [0.1, 0.15) is 38.8 Å². The quantitative estimate of drug-likeness (QED) is 0.210. The molecule has 0 bridgehead atoms.